The second-order valence-corrected chi connectivity index (χ2v) is 5.88. The third kappa shape index (κ3) is 4.83. The Morgan fingerprint density at radius 3 is 2.44 bits per heavy atom. The minimum atomic E-state index is -0.290. The van der Waals surface area contributed by atoms with E-state index >= 15 is 0 Å². The van der Waals surface area contributed by atoms with Crippen molar-refractivity contribution in [2.75, 3.05) is 18.1 Å². The van der Waals surface area contributed by atoms with Gasteiger partial charge in [-0.1, -0.05) is 18.2 Å². The number of carbonyl (C=O) groups is 2. The molecule has 0 atom stereocenters. The lowest BCUT2D eigenvalue weighted by molar-refractivity contribution is -0.134. The summed E-state index contributed by atoms with van der Waals surface area (Å²) >= 11 is 0. The maximum absolute atomic E-state index is 11.9. The van der Waals surface area contributed by atoms with E-state index in [1.54, 1.807) is 17.0 Å². The van der Waals surface area contributed by atoms with E-state index in [0.29, 0.717) is 31.6 Å². The van der Waals surface area contributed by atoms with Crippen LogP contribution in [0.4, 0.5) is 5.69 Å². The lowest BCUT2D eigenvalue weighted by Gasteiger charge is -2.15. The molecule has 3 rings (SSSR count). The van der Waals surface area contributed by atoms with Gasteiger partial charge in [-0.2, -0.15) is 0 Å². The first-order chi connectivity index (χ1) is 12.2. The molecule has 1 fully saturated rings. The quantitative estimate of drug-likeness (QED) is 0.439. The number of benzene rings is 2. The Morgan fingerprint density at radius 1 is 1.00 bits per heavy atom. The number of hydrogen-bond acceptors (Lipinski definition) is 4. The standard InChI is InChI=1S/C20H21NO4/c22-19-8-4-14-21(19)16-10-12-18(13-11-16)25-20(23)9-5-15-24-17-6-2-1-3-7-17/h1-3,6-7,10-13H,4-5,8-9,14-15H2. The molecule has 0 spiro atoms. The van der Waals surface area contributed by atoms with Crippen molar-refractivity contribution in [2.24, 2.45) is 0 Å². The van der Waals surface area contributed by atoms with Crippen molar-refractivity contribution in [3.05, 3.63) is 54.6 Å². The van der Waals surface area contributed by atoms with Crippen LogP contribution in [-0.2, 0) is 9.59 Å². The molecule has 5 heteroatoms. The fraction of sp³-hybridized carbons (Fsp3) is 0.300. The van der Waals surface area contributed by atoms with Crippen LogP contribution >= 0.6 is 0 Å². The maximum atomic E-state index is 11.9. The highest BCUT2D eigenvalue weighted by atomic mass is 16.5. The largest absolute Gasteiger partial charge is 0.494 e. The molecule has 1 saturated heterocycles. The van der Waals surface area contributed by atoms with Gasteiger partial charge in [-0.25, -0.2) is 0 Å². The topological polar surface area (TPSA) is 55.8 Å². The van der Waals surface area contributed by atoms with E-state index < -0.39 is 0 Å². The van der Waals surface area contributed by atoms with Crippen LogP contribution < -0.4 is 14.4 Å². The van der Waals surface area contributed by atoms with E-state index in [9.17, 15) is 9.59 Å². The van der Waals surface area contributed by atoms with Crippen molar-refractivity contribution < 1.29 is 19.1 Å². The number of para-hydroxylation sites is 1. The Hall–Kier alpha value is -2.82. The molecule has 0 bridgehead atoms. The molecule has 130 valence electrons. The molecule has 2 aromatic carbocycles. The highest BCUT2D eigenvalue weighted by molar-refractivity contribution is 5.95. The molecular formula is C20H21NO4. The normalized spacial score (nSPS) is 13.8. The van der Waals surface area contributed by atoms with Crippen molar-refractivity contribution in [3.8, 4) is 11.5 Å². The Bertz CT molecular complexity index is 712. The molecule has 5 nitrogen and oxygen atoms in total. The Balaban J connectivity index is 1.41. The SMILES string of the molecule is O=C(CCCOc1ccccc1)Oc1ccc(N2CCCC2=O)cc1. The van der Waals surface area contributed by atoms with Crippen LogP contribution in [-0.4, -0.2) is 25.0 Å². The Kier molecular flexibility index (Phi) is 5.67. The molecule has 0 saturated carbocycles. The zero-order valence-corrected chi connectivity index (χ0v) is 14.0. The van der Waals surface area contributed by atoms with E-state index in [2.05, 4.69) is 0 Å². The van der Waals surface area contributed by atoms with Crippen molar-refractivity contribution in [1.29, 1.82) is 0 Å². The number of carbonyl (C=O) groups excluding carboxylic acids is 2. The number of amides is 1. The summed E-state index contributed by atoms with van der Waals surface area (Å²) in [5.74, 6) is 1.14. The van der Waals surface area contributed by atoms with Gasteiger partial charge in [0.1, 0.15) is 11.5 Å². The summed E-state index contributed by atoms with van der Waals surface area (Å²) in [6.07, 6.45) is 2.37. The third-order valence-corrected chi connectivity index (χ3v) is 3.99. The zero-order chi connectivity index (χ0) is 17.5. The molecule has 0 unspecified atom stereocenters. The molecule has 0 aliphatic carbocycles. The molecule has 1 aliphatic heterocycles. The first kappa shape index (κ1) is 17.0. The van der Waals surface area contributed by atoms with Crippen LogP contribution in [0.15, 0.2) is 54.6 Å². The zero-order valence-electron chi connectivity index (χ0n) is 14.0. The van der Waals surface area contributed by atoms with Gasteiger partial charge in [0.25, 0.3) is 0 Å². The van der Waals surface area contributed by atoms with Gasteiger partial charge in [-0.15, -0.1) is 0 Å². The number of hydrogen-bond donors (Lipinski definition) is 0. The number of esters is 1. The third-order valence-electron chi connectivity index (χ3n) is 3.99. The van der Waals surface area contributed by atoms with Gasteiger partial charge in [0, 0.05) is 25.1 Å². The van der Waals surface area contributed by atoms with Crippen LogP contribution in [0.5, 0.6) is 11.5 Å². The predicted molar refractivity (Wildman–Crippen MR) is 94.8 cm³/mol. The molecule has 25 heavy (non-hydrogen) atoms. The van der Waals surface area contributed by atoms with Crippen LogP contribution in [0.25, 0.3) is 0 Å². The predicted octanol–water partition coefficient (Wildman–Crippen LogP) is 3.58. The molecule has 0 aromatic heterocycles. The maximum Gasteiger partial charge on any atom is 0.311 e. The summed E-state index contributed by atoms with van der Waals surface area (Å²) in [6, 6.07) is 16.6. The Morgan fingerprint density at radius 2 is 1.76 bits per heavy atom. The van der Waals surface area contributed by atoms with Gasteiger partial charge in [-0.05, 0) is 49.2 Å². The molecule has 2 aromatic rings. The number of ether oxygens (including phenoxy) is 2. The van der Waals surface area contributed by atoms with E-state index in [0.717, 1.165) is 24.4 Å². The summed E-state index contributed by atoms with van der Waals surface area (Å²) in [6.45, 7) is 1.22. The first-order valence-electron chi connectivity index (χ1n) is 8.51. The van der Waals surface area contributed by atoms with Crippen molar-refractivity contribution in [2.45, 2.75) is 25.7 Å². The summed E-state index contributed by atoms with van der Waals surface area (Å²) in [7, 11) is 0. The summed E-state index contributed by atoms with van der Waals surface area (Å²) in [4.78, 5) is 25.3. The monoisotopic (exact) mass is 339 g/mol. The second-order valence-electron chi connectivity index (χ2n) is 5.88. The van der Waals surface area contributed by atoms with Crippen molar-refractivity contribution in [3.63, 3.8) is 0 Å². The average Bonchev–Trinajstić information content (AvgIpc) is 3.06. The van der Waals surface area contributed by atoms with Crippen molar-refractivity contribution in [1.82, 2.24) is 0 Å². The van der Waals surface area contributed by atoms with Gasteiger partial charge < -0.3 is 14.4 Å². The lowest BCUT2D eigenvalue weighted by Crippen LogP contribution is -2.23. The highest BCUT2D eigenvalue weighted by Gasteiger charge is 2.21. The fourth-order valence-corrected chi connectivity index (χ4v) is 2.72. The van der Waals surface area contributed by atoms with Gasteiger partial charge in [0.05, 0.1) is 6.61 Å². The van der Waals surface area contributed by atoms with Crippen LogP contribution in [0.3, 0.4) is 0 Å². The summed E-state index contributed by atoms with van der Waals surface area (Å²) in [5, 5.41) is 0. The van der Waals surface area contributed by atoms with Crippen molar-refractivity contribution >= 4 is 17.6 Å². The van der Waals surface area contributed by atoms with Gasteiger partial charge >= 0.3 is 5.97 Å². The van der Waals surface area contributed by atoms with E-state index in [-0.39, 0.29) is 11.9 Å². The molecule has 0 radical (unpaired) electrons. The molecule has 1 aliphatic rings. The highest BCUT2D eigenvalue weighted by Crippen LogP contribution is 2.24. The lowest BCUT2D eigenvalue weighted by atomic mass is 10.2. The smallest absolute Gasteiger partial charge is 0.311 e. The van der Waals surface area contributed by atoms with Gasteiger partial charge in [0.15, 0.2) is 0 Å². The average molecular weight is 339 g/mol. The summed E-state index contributed by atoms with van der Waals surface area (Å²) in [5.41, 5.74) is 0.846. The molecule has 0 N–H and O–H groups in total. The van der Waals surface area contributed by atoms with Crippen LogP contribution in [0, 0.1) is 0 Å². The first-order valence-corrected chi connectivity index (χ1v) is 8.51. The molecule has 1 heterocycles. The van der Waals surface area contributed by atoms with Crippen LogP contribution in [0.1, 0.15) is 25.7 Å². The van der Waals surface area contributed by atoms with Gasteiger partial charge in [-0.3, -0.25) is 9.59 Å². The Labute approximate surface area is 147 Å². The minimum absolute atomic E-state index is 0.142. The second kappa shape index (κ2) is 8.33. The number of anilines is 1. The number of nitrogens with zero attached hydrogens (tertiary/aromatic N) is 1. The minimum Gasteiger partial charge on any atom is -0.494 e. The fourth-order valence-electron chi connectivity index (χ4n) is 2.72. The molecule has 1 amide bonds. The molecular weight excluding hydrogens is 318 g/mol. The van der Waals surface area contributed by atoms with Crippen LogP contribution in [0.2, 0.25) is 0 Å². The number of rotatable bonds is 7. The van der Waals surface area contributed by atoms with Gasteiger partial charge in [0.2, 0.25) is 5.91 Å². The van der Waals surface area contributed by atoms with E-state index in [1.807, 2.05) is 42.5 Å². The van der Waals surface area contributed by atoms with E-state index in [4.69, 9.17) is 9.47 Å². The summed E-state index contributed by atoms with van der Waals surface area (Å²) < 4.78 is 10.9. The van der Waals surface area contributed by atoms with E-state index in [1.165, 1.54) is 0 Å².